The largest absolute Gasteiger partial charge is 0.257 e. The summed E-state index contributed by atoms with van der Waals surface area (Å²) in [6, 6.07) is 4.57. The van der Waals surface area contributed by atoms with E-state index in [0.29, 0.717) is 0 Å². The monoisotopic (exact) mass is 285 g/mol. The molecule has 0 heterocycles. The van der Waals surface area contributed by atoms with Crippen LogP contribution in [0.1, 0.15) is 76.0 Å². The lowest BCUT2D eigenvalue weighted by Gasteiger charge is -2.22. The van der Waals surface area contributed by atoms with Crippen LogP contribution < -0.4 is 0 Å². The minimum atomic E-state index is 0.720. The second-order valence-electron chi connectivity index (χ2n) is 6.56. The fourth-order valence-electron chi connectivity index (χ4n) is 3.64. The Morgan fingerprint density at radius 3 is 2.48 bits per heavy atom. The normalized spacial score (nSPS) is 17.2. The predicted octanol–water partition coefficient (Wildman–Crippen LogP) is 6.18. The first-order chi connectivity index (χ1) is 10.2. The van der Waals surface area contributed by atoms with Crippen molar-refractivity contribution in [1.82, 2.24) is 0 Å². The molecule has 1 fully saturated rings. The van der Waals surface area contributed by atoms with E-state index in [9.17, 15) is 0 Å². The van der Waals surface area contributed by atoms with Gasteiger partial charge >= 0.3 is 0 Å². The summed E-state index contributed by atoms with van der Waals surface area (Å²) in [5.74, 6) is 0.720. The Hall–Kier alpha value is -1.11. The highest BCUT2D eigenvalue weighted by atomic mass is 14.8. The van der Waals surface area contributed by atoms with Gasteiger partial charge in [0.15, 0.2) is 0 Å². The smallest absolute Gasteiger partial charge is 0.0692 e. The molecule has 1 aliphatic rings. The second kappa shape index (κ2) is 7.77. The van der Waals surface area contributed by atoms with Gasteiger partial charge in [0.05, 0.1) is 5.69 Å². The number of aliphatic imine (C=N–C) groups is 1. The molecule has 0 aromatic heterocycles. The highest BCUT2D eigenvalue weighted by molar-refractivity contribution is 5.87. The molecule has 0 amide bonds. The Morgan fingerprint density at radius 2 is 1.86 bits per heavy atom. The third-order valence-corrected chi connectivity index (χ3v) is 4.94. The van der Waals surface area contributed by atoms with Gasteiger partial charge in [0, 0.05) is 5.71 Å². The summed E-state index contributed by atoms with van der Waals surface area (Å²) in [7, 11) is 0. The molecule has 1 aliphatic carbocycles. The first kappa shape index (κ1) is 16.3. The Kier molecular flexibility index (Phi) is 6.02. The zero-order valence-corrected chi connectivity index (χ0v) is 14.3. The Morgan fingerprint density at radius 1 is 1.14 bits per heavy atom. The van der Waals surface area contributed by atoms with Crippen molar-refractivity contribution in [3.63, 3.8) is 0 Å². The summed E-state index contributed by atoms with van der Waals surface area (Å²) in [5, 5.41) is 0. The molecule has 0 aliphatic heterocycles. The average molecular weight is 285 g/mol. The summed E-state index contributed by atoms with van der Waals surface area (Å²) >= 11 is 0. The van der Waals surface area contributed by atoms with E-state index in [1.165, 1.54) is 73.0 Å². The lowest BCUT2D eigenvalue weighted by molar-refractivity contribution is 0.438. The molecule has 1 nitrogen and oxygen atoms in total. The molecule has 0 radical (unpaired) electrons. The van der Waals surface area contributed by atoms with Crippen LogP contribution in [0.25, 0.3) is 0 Å². The van der Waals surface area contributed by atoms with E-state index in [2.05, 4.69) is 39.8 Å². The van der Waals surface area contributed by atoms with Crippen molar-refractivity contribution in [2.45, 2.75) is 79.1 Å². The molecule has 1 aromatic rings. The summed E-state index contributed by atoms with van der Waals surface area (Å²) in [5.41, 5.74) is 6.95. The third kappa shape index (κ3) is 3.96. The van der Waals surface area contributed by atoms with E-state index in [-0.39, 0.29) is 0 Å². The fraction of sp³-hybridized carbons (Fsp3) is 0.650. The summed E-state index contributed by atoms with van der Waals surface area (Å²) in [6.07, 6.45) is 10.3. The molecule has 1 aromatic carbocycles. The number of nitrogens with zero attached hydrogens (tertiary/aromatic N) is 1. The maximum atomic E-state index is 5.11. The van der Waals surface area contributed by atoms with Crippen LogP contribution in [-0.2, 0) is 12.8 Å². The van der Waals surface area contributed by atoms with Crippen molar-refractivity contribution in [3.05, 3.63) is 28.8 Å². The van der Waals surface area contributed by atoms with Crippen molar-refractivity contribution >= 4 is 11.4 Å². The van der Waals surface area contributed by atoms with Crippen molar-refractivity contribution in [1.29, 1.82) is 0 Å². The molecule has 2 rings (SSSR count). The van der Waals surface area contributed by atoms with Gasteiger partial charge in [0.25, 0.3) is 0 Å². The molecule has 0 atom stereocenters. The number of hydrogen-bond acceptors (Lipinski definition) is 1. The molecular weight excluding hydrogens is 254 g/mol. The van der Waals surface area contributed by atoms with Gasteiger partial charge < -0.3 is 0 Å². The predicted molar refractivity (Wildman–Crippen MR) is 93.9 cm³/mol. The Balaban J connectivity index is 2.34. The molecule has 0 unspecified atom stereocenters. The van der Waals surface area contributed by atoms with Gasteiger partial charge in [-0.15, -0.1) is 0 Å². The molecule has 1 saturated carbocycles. The van der Waals surface area contributed by atoms with Crippen LogP contribution in [-0.4, -0.2) is 5.71 Å². The third-order valence-electron chi connectivity index (χ3n) is 4.94. The average Bonchev–Trinajstić information content (AvgIpc) is 2.51. The maximum absolute atomic E-state index is 5.11. The number of rotatable bonds is 5. The van der Waals surface area contributed by atoms with Gasteiger partial charge in [-0.25, -0.2) is 0 Å². The number of hydrogen-bond donors (Lipinski definition) is 0. The summed E-state index contributed by atoms with van der Waals surface area (Å²) in [4.78, 5) is 5.11. The van der Waals surface area contributed by atoms with E-state index in [1.54, 1.807) is 0 Å². The molecule has 0 saturated heterocycles. The van der Waals surface area contributed by atoms with Gasteiger partial charge in [-0.3, -0.25) is 4.99 Å². The van der Waals surface area contributed by atoms with Gasteiger partial charge in [0.2, 0.25) is 0 Å². The van der Waals surface area contributed by atoms with Crippen LogP contribution in [0.5, 0.6) is 0 Å². The Labute approximate surface area is 130 Å². The molecule has 0 N–H and O–H groups in total. The molecular formula is C20H31N. The highest BCUT2D eigenvalue weighted by Gasteiger charge is 2.17. The minimum absolute atomic E-state index is 0.720. The van der Waals surface area contributed by atoms with Crippen LogP contribution in [0.2, 0.25) is 0 Å². The molecule has 1 heteroatoms. The molecule has 21 heavy (non-hydrogen) atoms. The molecule has 0 bridgehead atoms. The first-order valence-electron chi connectivity index (χ1n) is 8.83. The Bertz CT molecular complexity index is 493. The topological polar surface area (TPSA) is 12.4 Å². The lowest BCUT2D eigenvalue weighted by atomic mass is 9.86. The van der Waals surface area contributed by atoms with Crippen molar-refractivity contribution in [2.24, 2.45) is 10.9 Å². The van der Waals surface area contributed by atoms with Crippen LogP contribution in [0.3, 0.4) is 0 Å². The number of benzene rings is 1. The van der Waals surface area contributed by atoms with Crippen molar-refractivity contribution in [3.8, 4) is 0 Å². The zero-order chi connectivity index (χ0) is 15.2. The first-order valence-corrected chi connectivity index (χ1v) is 8.83. The van der Waals surface area contributed by atoms with E-state index < -0.39 is 0 Å². The standard InChI is InChI=1S/C20H31N/c1-5-10-18-14-13-15(3)20(19(18)6-2)21-16(4)17-11-8-7-9-12-17/h13-14,17H,5-12H2,1-4H3. The van der Waals surface area contributed by atoms with E-state index >= 15 is 0 Å². The fourth-order valence-corrected chi connectivity index (χ4v) is 3.64. The van der Waals surface area contributed by atoms with Crippen molar-refractivity contribution < 1.29 is 0 Å². The maximum Gasteiger partial charge on any atom is 0.0692 e. The van der Waals surface area contributed by atoms with Crippen molar-refractivity contribution in [2.75, 3.05) is 0 Å². The van der Waals surface area contributed by atoms with E-state index in [1.807, 2.05) is 0 Å². The van der Waals surface area contributed by atoms with Crippen LogP contribution in [0.15, 0.2) is 17.1 Å². The number of aryl methyl sites for hydroxylation is 2. The van der Waals surface area contributed by atoms with Crippen LogP contribution in [0.4, 0.5) is 5.69 Å². The van der Waals surface area contributed by atoms with E-state index in [0.717, 1.165) is 12.3 Å². The lowest BCUT2D eigenvalue weighted by Crippen LogP contribution is -2.14. The second-order valence-corrected chi connectivity index (χ2v) is 6.56. The molecule has 0 spiro atoms. The quantitative estimate of drug-likeness (QED) is 0.572. The van der Waals surface area contributed by atoms with Crippen LogP contribution in [0, 0.1) is 12.8 Å². The van der Waals surface area contributed by atoms with Gasteiger partial charge in [0.1, 0.15) is 0 Å². The summed E-state index contributed by atoms with van der Waals surface area (Å²) < 4.78 is 0. The van der Waals surface area contributed by atoms with E-state index in [4.69, 9.17) is 4.99 Å². The molecule has 116 valence electrons. The summed E-state index contributed by atoms with van der Waals surface area (Å²) in [6.45, 7) is 8.99. The SMILES string of the molecule is CCCc1ccc(C)c(N=C(C)C2CCCCC2)c1CC. The van der Waals surface area contributed by atoms with Gasteiger partial charge in [-0.1, -0.05) is 51.7 Å². The zero-order valence-electron chi connectivity index (χ0n) is 14.3. The van der Waals surface area contributed by atoms with Gasteiger partial charge in [-0.2, -0.15) is 0 Å². The van der Waals surface area contributed by atoms with Crippen LogP contribution >= 0.6 is 0 Å². The minimum Gasteiger partial charge on any atom is -0.257 e. The van der Waals surface area contributed by atoms with Gasteiger partial charge in [-0.05, 0) is 62.1 Å². The highest BCUT2D eigenvalue weighted by Crippen LogP contribution is 2.32.